The molecule has 0 amide bonds. The van der Waals surface area contributed by atoms with Crippen molar-refractivity contribution in [2.24, 2.45) is 11.8 Å². The number of likely N-dealkylation sites (tertiary alicyclic amines) is 2. The van der Waals surface area contributed by atoms with E-state index in [1.54, 1.807) is 0 Å². The van der Waals surface area contributed by atoms with Gasteiger partial charge in [0.2, 0.25) is 0 Å². The number of hydrogen-bond donors (Lipinski definition) is 0. The zero-order valence-electron chi connectivity index (χ0n) is 12.1. The first-order valence-corrected chi connectivity index (χ1v) is 8.81. The minimum atomic E-state index is 0.871. The summed E-state index contributed by atoms with van der Waals surface area (Å²) in [6.45, 7) is 7.72. The third-order valence-corrected chi connectivity index (χ3v) is 5.43. The SMILES string of the molecule is CC(CCBr)CCN1CCC2C(CCCN2C)C1. The normalized spacial score (nSPS) is 32.2. The fourth-order valence-corrected chi connectivity index (χ4v) is 4.45. The number of halogens is 1. The van der Waals surface area contributed by atoms with E-state index in [0.29, 0.717) is 0 Å². The van der Waals surface area contributed by atoms with E-state index in [-0.39, 0.29) is 0 Å². The van der Waals surface area contributed by atoms with E-state index in [2.05, 4.69) is 39.7 Å². The number of hydrogen-bond acceptors (Lipinski definition) is 2. The molecule has 0 saturated carbocycles. The molecule has 3 unspecified atom stereocenters. The lowest BCUT2D eigenvalue weighted by atomic mass is 9.84. The zero-order chi connectivity index (χ0) is 13.0. The van der Waals surface area contributed by atoms with Crippen molar-refractivity contribution in [1.29, 1.82) is 0 Å². The van der Waals surface area contributed by atoms with Gasteiger partial charge in [0.15, 0.2) is 0 Å². The molecule has 3 heteroatoms. The van der Waals surface area contributed by atoms with Crippen molar-refractivity contribution in [3.8, 4) is 0 Å². The number of rotatable bonds is 5. The average molecular weight is 317 g/mol. The molecule has 2 aliphatic rings. The van der Waals surface area contributed by atoms with Crippen molar-refractivity contribution in [1.82, 2.24) is 9.80 Å². The van der Waals surface area contributed by atoms with Crippen molar-refractivity contribution in [3.05, 3.63) is 0 Å². The van der Waals surface area contributed by atoms with Gasteiger partial charge in [0.05, 0.1) is 0 Å². The molecule has 0 spiro atoms. The molecule has 2 aliphatic heterocycles. The lowest BCUT2D eigenvalue weighted by molar-refractivity contribution is 0.0367. The largest absolute Gasteiger partial charge is 0.303 e. The molecule has 0 bridgehead atoms. The lowest BCUT2D eigenvalue weighted by Crippen LogP contribution is -2.52. The Hall–Kier alpha value is 0.400. The van der Waals surface area contributed by atoms with Gasteiger partial charge in [0, 0.05) is 17.9 Å². The minimum absolute atomic E-state index is 0.871. The fraction of sp³-hybridized carbons (Fsp3) is 1.00. The Morgan fingerprint density at radius 2 is 2.06 bits per heavy atom. The molecule has 2 rings (SSSR count). The third-order valence-electron chi connectivity index (χ3n) is 4.97. The highest BCUT2D eigenvalue weighted by atomic mass is 79.9. The summed E-state index contributed by atoms with van der Waals surface area (Å²) in [5, 5.41) is 1.16. The molecule has 106 valence electrons. The van der Waals surface area contributed by atoms with Crippen LogP contribution in [0.4, 0.5) is 0 Å². The molecule has 2 nitrogen and oxygen atoms in total. The molecule has 18 heavy (non-hydrogen) atoms. The Morgan fingerprint density at radius 1 is 1.22 bits per heavy atom. The molecule has 0 aromatic heterocycles. The second-order valence-corrected chi connectivity index (χ2v) is 7.20. The summed E-state index contributed by atoms with van der Waals surface area (Å²) in [5.74, 6) is 1.82. The van der Waals surface area contributed by atoms with Crippen LogP contribution >= 0.6 is 15.9 Å². The molecule has 0 radical (unpaired) electrons. The molecule has 2 heterocycles. The lowest BCUT2D eigenvalue weighted by Gasteiger charge is -2.46. The van der Waals surface area contributed by atoms with Crippen molar-refractivity contribution < 1.29 is 0 Å². The topological polar surface area (TPSA) is 6.48 Å². The van der Waals surface area contributed by atoms with Crippen LogP contribution in [0.2, 0.25) is 0 Å². The summed E-state index contributed by atoms with van der Waals surface area (Å²) in [4.78, 5) is 5.34. The van der Waals surface area contributed by atoms with Gasteiger partial charge in [-0.2, -0.15) is 0 Å². The number of alkyl halides is 1. The summed E-state index contributed by atoms with van der Waals surface area (Å²) in [6, 6.07) is 0.884. The summed E-state index contributed by atoms with van der Waals surface area (Å²) >= 11 is 3.55. The number of nitrogens with zero attached hydrogens (tertiary/aromatic N) is 2. The van der Waals surface area contributed by atoms with Crippen molar-refractivity contribution in [2.45, 2.75) is 45.1 Å². The second-order valence-electron chi connectivity index (χ2n) is 6.41. The third kappa shape index (κ3) is 3.94. The first kappa shape index (κ1) is 14.8. The van der Waals surface area contributed by atoms with Crippen molar-refractivity contribution in [3.63, 3.8) is 0 Å². The van der Waals surface area contributed by atoms with E-state index in [9.17, 15) is 0 Å². The van der Waals surface area contributed by atoms with E-state index in [1.165, 1.54) is 58.3 Å². The van der Waals surface area contributed by atoms with Gasteiger partial charge in [-0.05, 0) is 70.6 Å². The fourth-order valence-electron chi connectivity index (χ4n) is 3.66. The van der Waals surface area contributed by atoms with Crippen molar-refractivity contribution >= 4 is 15.9 Å². The van der Waals surface area contributed by atoms with E-state index in [1.807, 2.05) is 0 Å². The van der Waals surface area contributed by atoms with Crippen LogP contribution in [-0.4, -0.2) is 54.4 Å². The number of piperidine rings is 2. The van der Waals surface area contributed by atoms with Crippen molar-refractivity contribution in [2.75, 3.05) is 38.6 Å². The van der Waals surface area contributed by atoms with Crippen LogP contribution in [0.25, 0.3) is 0 Å². The van der Waals surface area contributed by atoms with Crippen LogP contribution in [0.3, 0.4) is 0 Å². The number of fused-ring (bicyclic) bond motifs is 1. The Bertz CT molecular complexity index is 247. The molecule has 2 fully saturated rings. The molecule has 0 aliphatic carbocycles. The Kier molecular flexibility index (Phi) is 5.96. The Balaban J connectivity index is 1.73. The summed E-state index contributed by atoms with van der Waals surface area (Å²) in [7, 11) is 2.32. The van der Waals surface area contributed by atoms with Gasteiger partial charge in [-0.1, -0.05) is 22.9 Å². The molecule has 3 atom stereocenters. The molecule has 0 N–H and O–H groups in total. The van der Waals surface area contributed by atoms with Crippen LogP contribution in [-0.2, 0) is 0 Å². The van der Waals surface area contributed by atoms with Gasteiger partial charge < -0.3 is 9.80 Å². The zero-order valence-corrected chi connectivity index (χ0v) is 13.7. The second kappa shape index (κ2) is 7.25. The summed E-state index contributed by atoms with van der Waals surface area (Å²) in [5.41, 5.74) is 0. The average Bonchev–Trinajstić information content (AvgIpc) is 2.37. The first-order valence-electron chi connectivity index (χ1n) is 7.69. The smallest absolute Gasteiger partial charge is 0.0145 e. The summed E-state index contributed by atoms with van der Waals surface area (Å²) < 4.78 is 0. The highest BCUT2D eigenvalue weighted by molar-refractivity contribution is 9.09. The summed E-state index contributed by atoms with van der Waals surface area (Å²) in [6.07, 6.45) is 6.96. The van der Waals surface area contributed by atoms with E-state index in [0.717, 1.165) is 23.2 Å². The Morgan fingerprint density at radius 3 is 2.83 bits per heavy atom. The van der Waals surface area contributed by atoms with Crippen LogP contribution in [0, 0.1) is 11.8 Å². The molecular weight excluding hydrogens is 288 g/mol. The first-order chi connectivity index (χ1) is 8.70. The maximum absolute atomic E-state index is 3.55. The maximum Gasteiger partial charge on any atom is 0.0145 e. The van der Waals surface area contributed by atoms with Crippen LogP contribution < -0.4 is 0 Å². The van der Waals surface area contributed by atoms with Gasteiger partial charge in [0.1, 0.15) is 0 Å². The quantitative estimate of drug-likeness (QED) is 0.719. The van der Waals surface area contributed by atoms with E-state index in [4.69, 9.17) is 0 Å². The van der Waals surface area contributed by atoms with Gasteiger partial charge in [0.25, 0.3) is 0 Å². The monoisotopic (exact) mass is 316 g/mol. The Labute approximate surface area is 121 Å². The van der Waals surface area contributed by atoms with E-state index >= 15 is 0 Å². The van der Waals surface area contributed by atoms with Gasteiger partial charge in [-0.25, -0.2) is 0 Å². The molecular formula is C15H29BrN2. The highest BCUT2D eigenvalue weighted by Gasteiger charge is 2.33. The van der Waals surface area contributed by atoms with Crippen LogP contribution in [0.5, 0.6) is 0 Å². The maximum atomic E-state index is 3.55. The van der Waals surface area contributed by atoms with Crippen LogP contribution in [0.15, 0.2) is 0 Å². The van der Waals surface area contributed by atoms with Crippen LogP contribution in [0.1, 0.15) is 39.0 Å². The highest BCUT2D eigenvalue weighted by Crippen LogP contribution is 2.29. The molecule has 2 saturated heterocycles. The van der Waals surface area contributed by atoms with Gasteiger partial charge in [-0.3, -0.25) is 0 Å². The minimum Gasteiger partial charge on any atom is -0.303 e. The van der Waals surface area contributed by atoms with E-state index < -0.39 is 0 Å². The van der Waals surface area contributed by atoms with Gasteiger partial charge in [-0.15, -0.1) is 0 Å². The standard InChI is InChI=1S/C15H29BrN2/c1-13(5-8-16)6-10-18-11-7-15-14(12-18)4-3-9-17(15)2/h13-15H,3-12H2,1-2H3. The molecule has 0 aromatic rings. The predicted molar refractivity (Wildman–Crippen MR) is 82.4 cm³/mol. The molecule has 0 aromatic carbocycles. The predicted octanol–water partition coefficient (Wildman–Crippen LogP) is 3.21. The van der Waals surface area contributed by atoms with Gasteiger partial charge >= 0.3 is 0 Å².